The third kappa shape index (κ3) is 4.26. The van der Waals surface area contributed by atoms with Crippen molar-refractivity contribution in [2.45, 2.75) is 25.8 Å². The molecule has 0 spiro atoms. The van der Waals surface area contributed by atoms with Crippen LogP contribution in [0.3, 0.4) is 0 Å². The molecule has 4 rings (SSSR count). The highest BCUT2D eigenvalue weighted by molar-refractivity contribution is 7.92. The number of anilines is 1. The zero-order chi connectivity index (χ0) is 22.2. The Kier molecular flexibility index (Phi) is 5.19. The van der Waals surface area contributed by atoms with Crippen molar-refractivity contribution in [3.8, 4) is 17.4 Å². The third-order valence-electron chi connectivity index (χ3n) is 4.78. The van der Waals surface area contributed by atoms with Gasteiger partial charge < -0.3 is 9.30 Å². The van der Waals surface area contributed by atoms with Crippen molar-refractivity contribution in [1.29, 1.82) is 0 Å². The van der Waals surface area contributed by atoms with Crippen molar-refractivity contribution in [3.05, 3.63) is 65.9 Å². The standard InChI is InChI=1S/C20H21N7O3S/c1-13-14(2)24-27(15(13)3)18-9-10-19(23-22-18)30-17-7-5-16(6-8-17)25-31(28,29)20-11-26(4)12-21-20/h5-12,25H,1-4H3. The van der Waals surface area contributed by atoms with Gasteiger partial charge in [0.15, 0.2) is 10.8 Å². The van der Waals surface area contributed by atoms with E-state index in [-0.39, 0.29) is 5.03 Å². The third-order valence-corrected chi connectivity index (χ3v) is 6.05. The van der Waals surface area contributed by atoms with E-state index < -0.39 is 10.0 Å². The molecule has 1 N–H and O–H groups in total. The van der Waals surface area contributed by atoms with Crippen LogP contribution in [0.5, 0.6) is 11.6 Å². The topological polar surface area (TPSA) is 117 Å². The maximum Gasteiger partial charge on any atom is 0.280 e. The molecule has 1 aromatic carbocycles. The van der Waals surface area contributed by atoms with Gasteiger partial charge in [0.25, 0.3) is 10.0 Å². The molecule has 0 radical (unpaired) electrons. The van der Waals surface area contributed by atoms with Crippen molar-refractivity contribution in [2.75, 3.05) is 4.72 Å². The maximum absolute atomic E-state index is 12.3. The van der Waals surface area contributed by atoms with Crippen LogP contribution >= 0.6 is 0 Å². The number of sulfonamides is 1. The number of hydrogen-bond acceptors (Lipinski definition) is 7. The Morgan fingerprint density at radius 2 is 1.74 bits per heavy atom. The van der Waals surface area contributed by atoms with Crippen LogP contribution < -0.4 is 9.46 Å². The van der Waals surface area contributed by atoms with E-state index in [2.05, 4.69) is 25.0 Å². The Morgan fingerprint density at radius 1 is 1.00 bits per heavy atom. The molecule has 10 nitrogen and oxygen atoms in total. The lowest BCUT2D eigenvalue weighted by Crippen LogP contribution is -2.13. The molecular weight excluding hydrogens is 418 g/mol. The molecule has 4 aromatic rings. The number of rotatable bonds is 6. The summed E-state index contributed by atoms with van der Waals surface area (Å²) >= 11 is 0. The van der Waals surface area contributed by atoms with Gasteiger partial charge >= 0.3 is 0 Å². The summed E-state index contributed by atoms with van der Waals surface area (Å²) < 4.78 is 36.2. The van der Waals surface area contributed by atoms with Gasteiger partial charge in [-0.25, -0.2) is 9.67 Å². The highest BCUT2D eigenvalue weighted by Crippen LogP contribution is 2.23. The number of hydrogen-bond donors (Lipinski definition) is 1. The minimum absolute atomic E-state index is 0.0523. The van der Waals surface area contributed by atoms with Gasteiger partial charge in [0.1, 0.15) is 5.75 Å². The molecule has 0 amide bonds. The minimum atomic E-state index is -3.75. The molecule has 0 aliphatic rings. The summed E-state index contributed by atoms with van der Waals surface area (Å²) in [4.78, 5) is 3.86. The Hall–Kier alpha value is -3.73. The van der Waals surface area contributed by atoms with Crippen LogP contribution in [0.4, 0.5) is 5.69 Å². The fraction of sp³-hybridized carbons (Fsp3) is 0.200. The van der Waals surface area contributed by atoms with Crippen molar-refractivity contribution in [1.82, 2.24) is 29.5 Å². The predicted molar refractivity (Wildman–Crippen MR) is 114 cm³/mol. The fourth-order valence-electron chi connectivity index (χ4n) is 2.87. The summed E-state index contributed by atoms with van der Waals surface area (Å²) in [5.74, 6) is 1.40. The molecule has 0 aliphatic carbocycles. The second-order valence-corrected chi connectivity index (χ2v) is 8.68. The van der Waals surface area contributed by atoms with Crippen LogP contribution in [0, 0.1) is 20.8 Å². The molecule has 0 saturated carbocycles. The van der Waals surface area contributed by atoms with E-state index in [0.717, 1.165) is 17.0 Å². The van der Waals surface area contributed by atoms with E-state index in [0.29, 0.717) is 23.1 Å². The van der Waals surface area contributed by atoms with E-state index in [4.69, 9.17) is 4.74 Å². The van der Waals surface area contributed by atoms with Crippen LogP contribution in [0.2, 0.25) is 0 Å². The molecule has 3 aromatic heterocycles. The van der Waals surface area contributed by atoms with Crippen LogP contribution in [0.25, 0.3) is 5.82 Å². The average Bonchev–Trinajstić information content (AvgIpc) is 3.29. The first-order valence-corrected chi connectivity index (χ1v) is 10.9. The highest BCUT2D eigenvalue weighted by Gasteiger charge is 2.17. The van der Waals surface area contributed by atoms with Crippen molar-refractivity contribution >= 4 is 15.7 Å². The van der Waals surface area contributed by atoms with E-state index in [1.165, 1.54) is 12.5 Å². The number of nitrogens with zero attached hydrogens (tertiary/aromatic N) is 6. The zero-order valence-corrected chi connectivity index (χ0v) is 18.3. The average molecular weight is 440 g/mol. The Bertz CT molecular complexity index is 1320. The fourth-order valence-corrected chi connectivity index (χ4v) is 3.91. The van der Waals surface area contributed by atoms with Crippen LogP contribution in [0.1, 0.15) is 17.0 Å². The lowest BCUT2D eigenvalue weighted by Gasteiger charge is -2.08. The molecule has 31 heavy (non-hydrogen) atoms. The summed E-state index contributed by atoms with van der Waals surface area (Å²) in [6, 6.07) is 9.93. The Morgan fingerprint density at radius 3 is 2.29 bits per heavy atom. The van der Waals surface area contributed by atoms with Gasteiger partial charge in [-0.2, -0.15) is 13.5 Å². The van der Waals surface area contributed by atoms with Gasteiger partial charge in [-0.3, -0.25) is 4.72 Å². The zero-order valence-electron chi connectivity index (χ0n) is 17.4. The molecule has 3 heterocycles. The monoisotopic (exact) mass is 439 g/mol. The predicted octanol–water partition coefficient (Wildman–Crippen LogP) is 2.91. The first-order chi connectivity index (χ1) is 14.7. The lowest BCUT2D eigenvalue weighted by atomic mass is 10.2. The van der Waals surface area contributed by atoms with Gasteiger partial charge in [-0.15, -0.1) is 10.2 Å². The number of nitrogens with one attached hydrogen (secondary N) is 1. The van der Waals surface area contributed by atoms with Crippen LogP contribution in [0.15, 0.2) is 53.9 Å². The molecule has 0 fully saturated rings. The van der Waals surface area contributed by atoms with E-state index in [1.807, 2.05) is 20.8 Å². The normalized spacial score (nSPS) is 11.5. The molecule has 11 heteroatoms. The molecule has 0 unspecified atom stereocenters. The second kappa shape index (κ2) is 7.84. The summed E-state index contributed by atoms with van der Waals surface area (Å²) in [5, 5.41) is 12.7. The van der Waals surface area contributed by atoms with E-state index in [9.17, 15) is 8.42 Å². The molecule has 0 atom stereocenters. The van der Waals surface area contributed by atoms with Crippen LogP contribution in [-0.2, 0) is 17.1 Å². The second-order valence-electron chi connectivity index (χ2n) is 7.05. The van der Waals surface area contributed by atoms with E-state index >= 15 is 0 Å². The van der Waals surface area contributed by atoms with E-state index in [1.54, 1.807) is 52.7 Å². The first kappa shape index (κ1) is 20.5. The van der Waals surface area contributed by atoms with Gasteiger partial charge in [0.05, 0.1) is 12.0 Å². The van der Waals surface area contributed by atoms with Gasteiger partial charge in [0.2, 0.25) is 5.88 Å². The number of imidazole rings is 1. The summed E-state index contributed by atoms with van der Waals surface area (Å²) in [6.45, 7) is 5.94. The number of aryl methyl sites for hydroxylation is 2. The molecule has 0 aliphatic heterocycles. The minimum Gasteiger partial charge on any atom is -0.438 e. The van der Waals surface area contributed by atoms with Gasteiger partial charge in [-0.05, 0) is 56.7 Å². The smallest absolute Gasteiger partial charge is 0.280 e. The quantitative estimate of drug-likeness (QED) is 0.491. The molecule has 0 bridgehead atoms. The highest BCUT2D eigenvalue weighted by atomic mass is 32.2. The lowest BCUT2D eigenvalue weighted by molar-refractivity contribution is 0.454. The van der Waals surface area contributed by atoms with Crippen molar-refractivity contribution in [2.24, 2.45) is 7.05 Å². The van der Waals surface area contributed by atoms with Crippen molar-refractivity contribution in [3.63, 3.8) is 0 Å². The summed E-state index contributed by atoms with van der Waals surface area (Å²) in [6.07, 6.45) is 2.85. The van der Waals surface area contributed by atoms with Crippen LogP contribution in [-0.4, -0.2) is 37.9 Å². The number of ether oxygens (including phenoxy) is 1. The number of aromatic nitrogens is 6. The Balaban J connectivity index is 1.45. The molecular formula is C20H21N7O3S. The largest absolute Gasteiger partial charge is 0.438 e. The summed E-state index contributed by atoms with van der Waals surface area (Å²) in [7, 11) is -2.05. The Labute approximate surface area is 179 Å². The van der Waals surface area contributed by atoms with Gasteiger partial charge in [-0.1, -0.05) is 0 Å². The maximum atomic E-state index is 12.3. The molecule has 0 saturated heterocycles. The SMILES string of the molecule is Cc1nn(-c2ccc(Oc3ccc(NS(=O)(=O)c4cn(C)cn4)cc3)nn2)c(C)c1C. The van der Waals surface area contributed by atoms with Crippen molar-refractivity contribution < 1.29 is 13.2 Å². The summed E-state index contributed by atoms with van der Waals surface area (Å²) in [5.41, 5.74) is 3.45. The number of benzene rings is 1. The van der Waals surface area contributed by atoms with Gasteiger partial charge in [0, 0.05) is 30.7 Å². The molecule has 160 valence electrons. The first-order valence-electron chi connectivity index (χ1n) is 9.38.